The van der Waals surface area contributed by atoms with E-state index < -0.39 is 0 Å². The van der Waals surface area contributed by atoms with Gasteiger partial charge >= 0.3 is 0 Å². The van der Waals surface area contributed by atoms with Crippen molar-refractivity contribution in [1.82, 2.24) is 5.32 Å². The van der Waals surface area contributed by atoms with Crippen molar-refractivity contribution in [2.75, 3.05) is 27.2 Å². The Balaban J connectivity index is 1.35. The second-order valence-corrected chi connectivity index (χ2v) is 13.9. The number of fused-ring (bicyclic) bond motifs is 5. The van der Waals surface area contributed by atoms with Crippen LogP contribution in [-0.2, 0) is 4.79 Å². The zero-order valence-electron chi connectivity index (χ0n) is 23.0. The number of hydrogen-bond acceptors (Lipinski definition) is 4. The Kier molecular flexibility index (Phi) is 7.99. The molecule has 0 spiro atoms. The van der Waals surface area contributed by atoms with Crippen molar-refractivity contribution in [2.24, 2.45) is 46.3 Å². The summed E-state index contributed by atoms with van der Waals surface area (Å²) in [6, 6.07) is 0. The lowest BCUT2D eigenvalue weighted by Crippen LogP contribution is -2.58. The quantitative estimate of drug-likeness (QED) is 0.265. The Morgan fingerprint density at radius 1 is 1.09 bits per heavy atom. The monoisotopic (exact) mass is 492 g/mol. The molecule has 0 aromatic rings. The molecule has 6 nitrogen and oxygen atoms in total. The van der Waals surface area contributed by atoms with E-state index in [4.69, 9.17) is 0 Å². The lowest BCUT2D eigenvalue weighted by atomic mass is 9.43. The predicted molar refractivity (Wildman–Crippen MR) is 139 cm³/mol. The van der Waals surface area contributed by atoms with Gasteiger partial charge in [0.1, 0.15) is 0 Å². The first kappa shape index (κ1) is 27.3. The number of carbonyl (C=O) groups is 1. The lowest BCUT2D eigenvalue weighted by molar-refractivity contribution is -0.840. The maximum Gasteiger partial charge on any atom is 0.220 e. The van der Waals surface area contributed by atoms with Crippen LogP contribution in [0.3, 0.4) is 0 Å². The highest BCUT2D eigenvalue weighted by molar-refractivity contribution is 5.75. The van der Waals surface area contributed by atoms with E-state index in [0.717, 1.165) is 32.1 Å². The normalized spacial score (nSPS) is 44.2. The van der Waals surface area contributed by atoms with E-state index in [-0.39, 0.29) is 33.6 Å². The van der Waals surface area contributed by atoms with Gasteiger partial charge in [0.05, 0.1) is 32.8 Å². The summed E-state index contributed by atoms with van der Waals surface area (Å²) in [5.74, 6) is 3.43. The number of nitrogens with one attached hydrogen (secondary N) is 1. The highest BCUT2D eigenvalue weighted by Crippen LogP contribution is 2.68. The molecular weight excluding hydrogens is 440 g/mol. The van der Waals surface area contributed by atoms with Crippen LogP contribution in [0, 0.1) is 51.5 Å². The molecule has 0 saturated heterocycles. The van der Waals surface area contributed by atoms with Gasteiger partial charge in [0.25, 0.3) is 0 Å². The summed E-state index contributed by atoms with van der Waals surface area (Å²) >= 11 is 0. The van der Waals surface area contributed by atoms with Crippen LogP contribution in [0.1, 0.15) is 91.4 Å². The Labute approximate surface area is 213 Å². The van der Waals surface area contributed by atoms with Gasteiger partial charge in [-0.3, -0.25) is 4.79 Å². The summed E-state index contributed by atoms with van der Waals surface area (Å²) in [6.45, 7) is 8.22. The van der Waals surface area contributed by atoms with Crippen LogP contribution >= 0.6 is 0 Å². The Morgan fingerprint density at radius 3 is 2.54 bits per heavy atom. The SMILES string of the molecule is C[C@H](CCC(=O)NCCC[N+](C)(C)[O-])[C@H]1CCC2[C@@H]3CC[C@@H]4C[C@H](O)CC[C@]4(C)[C@H]3C[C@H](O)[C@@]21C. The molecule has 0 radical (unpaired) electrons. The maximum absolute atomic E-state index is 12.4. The molecule has 4 saturated carbocycles. The third kappa shape index (κ3) is 5.32. The smallest absolute Gasteiger partial charge is 0.220 e. The third-order valence-electron chi connectivity index (χ3n) is 11.5. The van der Waals surface area contributed by atoms with E-state index in [9.17, 15) is 20.2 Å². The van der Waals surface area contributed by atoms with Crippen LogP contribution in [0.25, 0.3) is 0 Å². The van der Waals surface area contributed by atoms with Crippen molar-refractivity contribution in [1.29, 1.82) is 0 Å². The summed E-state index contributed by atoms with van der Waals surface area (Å²) in [5, 5.41) is 36.6. The number of aliphatic hydroxyl groups excluding tert-OH is 2. The summed E-state index contributed by atoms with van der Waals surface area (Å²) in [5.41, 5.74) is 0.221. The second kappa shape index (κ2) is 10.2. The van der Waals surface area contributed by atoms with Crippen molar-refractivity contribution >= 4 is 5.91 Å². The van der Waals surface area contributed by atoms with Gasteiger partial charge < -0.3 is 25.4 Å². The molecule has 3 N–H and O–H groups in total. The lowest BCUT2D eigenvalue weighted by Gasteiger charge is -2.62. The van der Waals surface area contributed by atoms with Crippen molar-refractivity contribution in [3.8, 4) is 0 Å². The van der Waals surface area contributed by atoms with Crippen LogP contribution < -0.4 is 5.32 Å². The van der Waals surface area contributed by atoms with E-state index in [0.29, 0.717) is 61.4 Å². The summed E-state index contributed by atoms with van der Waals surface area (Å²) in [7, 11) is 3.26. The van der Waals surface area contributed by atoms with Gasteiger partial charge in [-0.05, 0) is 104 Å². The number of carbonyl (C=O) groups excluding carboxylic acids is 1. The predicted octanol–water partition coefficient (Wildman–Crippen LogP) is 4.47. The molecule has 4 aliphatic carbocycles. The summed E-state index contributed by atoms with van der Waals surface area (Å²) in [6.07, 6.45) is 10.5. The molecule has 4 fully saturated rings. The van der Waals surface area contributed by atoms with Crippen LogP contribution in [-0.4, -0.2) is 60.2 Å². The van der Waals surface area contributed by atoms with Crippen LogP contribution in [0.4, 0.5) is 0 Å². The number of hydroxylamine groups is 3. The molecule has 0 aromatic carbocycles. The second-order valence-electron chi connectivity index (χ2n) is 13.9. The zero-order valence-corrected chi connectivity index (χ0v) is 23.0. The van der Waals surface area contributed by atoms with Gasteiger partial charge in [-0.2, -0.15) is 0 Å². The fourth-order valence-electron chi connectivity index (χ4n) is 9.50. The van der Waals surface area contributed by atoms with E-state index in [1.807, 2.05) is 0 Å². The first-order valence-corrected chi connectivity index (χ1v) is 14.5. The molecule has 0 aliphatic heterocycles. The first-order chi connectivity index (χ1) is 16.4. The highest BCUT2D eigenvalue weighted by atomic mass is 16.5. The van der Waals surface area contributed by atoms with Crippen LogP contribution in [0.2, 0.25) is 0 Å². The molecule has 10 atom stereocenters. The van der Waals surface area contributed by atoms with Crippen molar-refractivity contribution in [3.05, 3.63) is 5.21 Å². The highest BCUT2D eigenvalue weighted by Gasteiger charge is 2.63. The molecular formula is C29H52N2O4. The Morgan fingerprint density at radius 2 is 1.83 bits per heavy atom. The molecule has 1 amide bonds. The van der Waals surface area contributed by atoms with E-state index in [2.05, 4.69) is 26.1 Å². The number of quaternary nitrogens is 1. The maximum atomic E-state index is 12.4. The largest absolute Gasteiger partial charge is 0.633 e. The molecule has 202 valence electrons. The minimum absolute atomic E-state index is 0.0495. The van der Waals surface area contributed by atoms with Gasteiger partial charge in [0, 0.05) is 19.4 Å². The van der Waals surface area contributed by atoms with Crippen LogP contribution in [0.5, 0.6) is 0 Å². The van der Waals surface area contributed by atoms with Gasteiger partial charge in [-0.1, -0.05) is 20.8 Å². The third-order valence-corrected chi connectivity index (χ3v) is 11.5. The fraction of sp³-hybridized carbons (Fsp3) is 0.966. The van der Waals surface area contributed by atoms with Crippen molar-refractivity contribution in [2.45, 2.75) is 104 Å². The molecule has 35 heavy (non-hydrogen) atoms. The summed E-state index contributed by atoms with van der Waals surface area (Å²) in [4.78, 5) is 12.4. The van der Waals surface area contributed by atoms with E-state index in [1.165, 1.54) is 25.7 Å². The number of amides is 1. The van der Waals surface area contributed by atoms with Gasteiger partial charge in [0.15, 0.2) is 0 Å². The minimum Gasteiger partial charge on any atom is -0.633 e. The molecule has 0 bridgehead atoms. The number of rotatable bonds is 8. The average molecular weight is 493 g/mol. The zero-order chi connectivity index (χ0) is 25.6. The molecule has 0 aromatic heterocycles. The summed E-state index contributed by atoms with van der Waals surface area (Å²) < 4.78 is -0.319. The Bertz CT molecular complexity index is 753. The van der Waals surface area contributed by atoms with Crippen LogP contribution in [0.15, 0.2) is 0 Å². The van der Waals surface area contributed by atoms with Crippen molar-refractivity contribution in [3.63, 3.8) is 0 Å². The van der Waals surface area contributed by atoms with Gasteiger partial charge in [-0.25, -0.2) is 0 Å². The molecule has 6 heteroatoms. The molecule has 0 heterocycles. The molecule has 4 aliphatic rings. The number of nitrogens with zero attached hydrogens (tertiary/aromatic N) is 1. The molecule has 4 rings (SSSR count). The fourth-order valence-corrected chi connectivity index (χ4v) is 9.50. The minimum atomic E-state index is -0.319. The van der Waals surface area contributed by atoms with E-state index in [1.54, 1.807) is 14.1 Å². The van der Waals surface area contributed by atoms with Gasteiger partial charge in [-0.15, -0.1) is 0 Å². The average Bonchev–Trinajstić information content (AvgIpc) is 3.14. The topological polar surface area (TPSA) is 92.6 Å². The van der Waals surface area contributed by atoms with Gasteiger partial charge in [0.2, 0.25) is 5.91 Å². The number of hydrogen-bond donors (Lipinski definition) is 3. The first-order valence-electron chi connectivity index (χ1n) is 14.5. The Hall–Kier alpha value is -0.690. The molecule has 1 unspecified atom stereocenters. The van der Waals surface area contributed by atoms with E-state index >= 15 is 0 Å². The van der Waals surface area contributed by atoms with Crippen molar-refractivity contribution < 1.29 is 19.7 Å². The number of aliphatic hydroxyl groups is 2. The standard InChI is InChI=1S/C29H52N2O4/c1-19(7-12-27(34)30-15-6-16-31(4,5)35)23-10-11-24-22-9-8-20-17-21(32)13-14-28(20,2)25(22)18-26(33)29(23,24)3/h19-26,32-33H,6-18H2,1-5H3,(H,30,34)/t19-,20-,21-,22+,23-,24?,25+,26+,28+,29-/m1/s1.